The second-order valence-corrected chi connectivity index (χ2v) is 24.9. The van der Waals surface area contributed by atoms with E-state index in [1.165, 1.54) is 77.4 Å². The van der Waals surface area contributed by atoms with E-state index in [9.17, 15) is 62.7 Å². The van der Waals surface area contributed by atoms with Crippen LogP contribution in [0.25, 0.3) is 27.6 Å². The molecule has 0 aliphatic heterocycles. The van der Waals surface area contributed by atoms with Gasteiger partial charge in [-0.3, -0.25) is 14.6 Å². The molecule has 0 aliphatic carbocycles. The number of fused-ring (bicyclic) bond motifs is 2. The van der Waals surface area contributed by atoms with Gasteiger partial charge in [0.05, 0.1) is 111 Å². The maximum Gasteiger partial charge on any atom is 0.343 e. The Balaban J connectivity index is 0.000000234. The number of aliphatic hydroxyl groups is 4. The largest absolute Gasteiger partial charge is 0.506 e. The van der Waals surface area contributed by atoms with Gasteiger partial charge in [0.1, 0.15) is 62.9 Å². The Kier molecular flexibility index (Phi) is 29.0. The molecule has 530 valence electrons. The number of hydrogen-bond acceptors (Lipinski definition) is 16. The van der Waals surface area contributed by atoms with Crippen LogP contribution in [0.15, 0.2) is 124 Å². The van der Waals surface area contributed by atoms with Gasteiger partial charge >= 0.3 is 17.9 Å². The van der Waals surface area contributed by atoms with Crippen LogP contribution in [-0.4, -0.2) is 126 Å². The average Bonchev–Trinajstić information content (AvgIpc) is 0.762. The number of carbonyl (C=O) groups is 3. The van der Waals surface area contributed by atoms with Gasteiger partial charge in [-0.2, -0.15) is 0 Å². The lowest BCUT2D eigenvalue weighted by atomic mass is 9.98. The summed E-state index contributed by atoms with van der Waals surface area (Å²) in [5.41, 5.74) is 1.73. The fourth-order valence-corrected chi connectivity index (χ4v) is 11.5. The summed E-state index contributed by atoms with van der Waals surface area (Å²) in [5, 5.41) is 50.6. The number of halogens is 6. The Morgan fingerprint density at radius 3 is 1.27 bits per heavy atom. The zero-order valence-electron chi connectivity index (χ0n) is 56.8. The Morgan fingerprint density at radius 2 is 0.909 bits per heavy atom. The minimum Gasteiger partial charge on any atom is -0.506 e. The predicted octanol–water partition coefficient (Wildman–Crippen LogP) is 14.0. The van der Waals surface area contributed by atoms with Crippen molar-refractivity contribution < 1.29 is 81.5 Å². The van der Waals surface area contributed by atoms with Crippen molar-refractivity contribution in [1.29, 1.82) is 0 Å². The van der Waals surface area contributed by atoms with Crippen LogP contribution in [0.5, 0.6) is 23.0 Å². The lowest BCUT2D eigenvalue weighted by Crippen LogP contribution is -2.26. The van der Waals surface area contributed by atoms with Crippen molar-refractivity contribution in [3.63, 3.8) is 0 Å². The molecule has 0 spiro atoms. The number of carbonyl (C=O) groups excluding carboxylic acids is 2. The molecule has 2 heterocycles. The Morgan fingerprint density at radius 1 is 0.515 bits per heavy atom. The Hall–Kier alpha value is -8.90. The minimum atomic E-state index is -1.36. The first-order chi connectivity index (χ1) is 47.1. The first-order valence-electron chi connectivity index (χ1n) is 31.5. The molecule has 8 aromatic rings. The fourth-order valence-electron chi connectivity index (χ4n) is 10.9. The van der Waals surface area contributed by atoms with Crippen LogP contribution in [0.2, 0.25) is 15.1 Å². The number of pyridine rings is 2. The molecule has 25 heteroatoms. The van der Waals surface area contributed by atoms with Crippen molar-refractivity contribution in [3.05, 3.63) is 212 Å². The normalized spacial score (nSPS) is 12.6. The standard InChI is InChI=1S/C26H31ClFNO6.C25H27ClFNO5.C23H23ClFNO5/c1-6-35-26(32)19(13-29-21(14-30)15(2)3)25(31)18-11-17(22(33-4)12-23(18)34-5)10-16-8-7-9-20(27)24(16)28;1-5-33-25(31)18-12-28(21(13-29)14(2)3)20-11-22(32-4)16(10-17(20)24(18)30)9-15-7-6-8-19(26)23(15)27;1-12(2)19(11-27)26-10-16(23(29)30)22(28)15-8-14(20(31-3)9-18(15)26)7-13-5-4-6-17(24)21(13)25/h7-9,11-13,15,21,30-31H,6,10,14H2,1-5H3;6-8,10-12,14,21,29H,5,9,13H2,1-4H3;4-6,8-10,12,19,27H,7,11H2,1-3H3,(H,29,30)/t2*21-;19-/m111/s1. The Bertz CT molecular complexity index is 4420. The summed E-state index contributed by atoms with van der Waals surface area (Å²) in [6.07, 6.45) is 4.19. The lowest BCUT2D eigenvalue weighted by molar-refractivity contribution is -0.137. The number of aliphatic hydroxyl groups excluding tert-OH is 4. The van der Waals surface area contributed by atoms with E-state index in [4.69, 9.17) is 63.2 Å². The number of ether oxygens (including phenoxy) is 6. The second kappa shape index (κ2) is 36.3. The highest BCUT2D eigenvalue weighted by atomic mass is 35.5. The maximum absolute atomic E-state index is 14.6. The Labute approximate surface area is 586 Å². The van der Waals surface area contributed by atoms with Crippen molar-refractivity contribution in [2.24, 2.45) is 22.7 Å². The fraction of sp³-hybridized carbons (Fsp3) is 0.351. The third-order valence-corrected chi connectivity index (χ3v) is 17.3. The van der Waals surface area contributed by atoms with Gasteiger partial charge in [-0.05, 0) is 101 Å². The van der Waals surface area contributed by atoms with Gasteiger partial charge < -0.3 is 63.1 Å². The molecule has 0 fully saturated rings. The highest BCUT2D eigenvalue weighted by molar-refractivity contribution is 6.31. The van der Waals surface area contributed by atoms with Crippen molar-refractivity contribution in [3.8, 4) is 23.0 Å². The van der Waals surface area contributed by atoms with Gasteiger partial charge in [0.2, 0.25) is 10.9 Å². The van der Waals surface area contributed by atoms with Crippen LogP contribution >= 0.6 is 34.8 Å². The number of carboxylic acids is 1. The highest BCUT2D eigenvalue weighted by Gasteiger charge is 2.28. The predicted molar refractivity (Wildman–Crippen MR) is 377 cm³/mol. The number of esters is 2. The van der Waals surface area contributed by atoms with E-state index in [0.717, 1.165) is 0 Å². The van der Waals surface area contributed by atoms with Gasteiger partial charge in [0.15, 0.2) is 0 Å². The van der Waals surface area contributed by atoms with E-state index in [1.807, 2.05) is 41.5 Å². The number of hydrogen-bond donors (Lipinski definition) is 5. The molecule has 0 amide bonds. The third kappa shape index (κ3) is 18.7. The smallest absolute Gasteiger partial charge is 0.343 e. The molecule has 2 aromatic heterocycles. The number of carboxylic acid groups (broad SMARTS) is 1. The van der Waals surface area contributed by atoms with E-state index in [-0.39, 0.29) is 118 Å². The van der Waals surface area contributed by atoms with Gasteiger partial charge in [0, 0.05) is 66.8 Å². The maximum atomic E-state index is 14.6. The molecule has 0 saturated heterocycles. The van der Waals surface area contributed by atoms with E-state index >= 15 is 0 Å². The molecule has 0 radical (unpaired) electrons. The van der Waals surface area contributed by atoms with Gasteiger partial charge in [0.25, 0.3) is 0 Å². The minimum absolute atomic E-state index is 0.00179. The number of nitrogens with zero attached hydrogens (tertiary/aromatic N) is 3. The van der Waals surface area contributed by atoms with E-state index in [1.54, 1.807) is 83.6 Å². The van der Waals surface area contributed by atoms with Crippen LogP contribution in [0.3, 0.4) is 0 Å². The summed E-state index contributed by atoms with van der Waals surface area (Å²) in [6, 6.07) is 22.2. The summed E-state index contributed by atoms with van der Waals surface area (Å²) in [7, 11) is 5.81. The van der Waals surface area contributed by atoms with Crippen LogP contribution in [0.4, 0.5) is 13.2 Å². The summed E-state index contributed by atoms with van der Waals surface area (Å²) < 4.78 is 79.0. The first kappa shape index (κ1) is 79.1. The van der Waals surface area contributed by atoms with Crippen molar-refractivity contribution in [2.45, 2.75) is 92.8 Å². The summed E-state index contributed by atoms with van der Waals surface area (Å²) in [5.74, 6) is -3.59. The molecule has 0 unspecified atom stereocenters. The number of methoxy groups -OCH3 is 4. The number of rotatable bonds is 26. The van der Waals surface area contributed by atoms with Gasteiger partial charge in [-0.1, -0.05) is 113 Å². The highest BCUT2D eigenvalue weighted by Crippen LogP contribution is 2.38. The molecular weight excluding hydrogens is 1350 g/mol. The third-order valence-electron chi connectivity index (χ3n) is 16.4. The van der Waals surface area contributed by atoms with Crippen LogP contribution in [0.1, 0.15) is 127 Å². The average molecular weight is 1430 g/mol. The molecule has 3 atom stereocenters. The summed E-state index contributed by atoms with van der Waals surface area (Å²) in [4.78, 5) is 67.4. The molecule has 19 nitrogen and oxygen atoms in total. The molecule has 6 aromatic carbocycles. The molecule has 8 rings (SSSR count). The molecule has 0 bridgehead atoms. The molecular formula is C74H81Cl3F3N3O16. The van der Waals surface area contributed by atoms with E-state index in [0.29, 0.717) is 61.7 Å². The van der Waals surface area contributed by atoms with E-state index < -0.39 is 75.7 Å². The van der Waals surface area contributed by atoms with E-state index in [2.05, 4.69) is 4.99 Å². The van der Waals surface area contributed by atoms with Crippen molar-refractivity contribution >= 4 is 86.5 Å². The molecule has 0 aliphatic rings. The van der Waals surface area contributed by atoms with Gasteiger partial charge in [-0.15, -0.1) is 0 Å². The zero-order chi connectivity index (χ0) is 73.3. The van der Waals surface area contributed by atoms with Gasteiger partial charge in [-0.25, -0.2) is 27.6 Å². The van der Waals surface area contributed by atoms with Crippen LogP contribution in [0, 0.1) is 35.2 Å². The monoisotopic (exact) mass is 1430 g/mol. The summed E-state index contributed by atoms with van der Waals surface area (Å²) >= 11 is 17.7. The topological polar surface area (TPSA) is 264 Å². The quantitative estimate of drug-likeness (QED) is 0.0146. The summed E-state index contributed by atoms with van der Waals surface area (Å²) in [6.45, 7) is 14.2. The number of aromatic carboxylic acids is 1. The number of aromatic nitrogens is 2. The van der Waals surface area contributed by atoms with Crippen molar-refractivity contribution in [1.82, 2.24) is 9.13 Å². The molecule has 5 N–H and O–H groups in total. The SMILES string of the molecule is CCOC(=O)C(C=N[C@H](CO)C(C)C)=C(O)c1cc(Cc2cccc(Cl)c2F)c(OC)cc1OC.CCOC(=O)c1cn([C@H](CO)C(C)C)c2cc(OC)c(Cc3cccc(Cl)c3F)cc2c1=O.COc1cc2c(cc1Cc1cccc(Cl)c1F)c(=O)c(C(=O)O)cn2[C@H](CO)C(C)C. The van der Waals surface area contributed by atoms with Crippen molar-refractivity contribution in [2.75, 3.05) is 61.5 Å². The van der Waals surface area contributed by atoms with Crippen LogP contribution < -0.4 is 29.8 Å². The number of aliphatic imine (C=N–C) groups is 1. The second-order valence-electron chi connectivity index (χ2n) is 23.7. The molecule has 99 heavy (non-hydrogen) atoms. The van der Waals surface area contributed by atoms with Crippen LogP contribution in [-0.2, 0) is 33.5 Å². The lowest BCUT2D eigenvalue weighted by Gasteiger charge is -2.25. The number of benzene rings is 6. The molecule has 0 saturated carbocycles. The first-order valence-corrected chi connectivity index (χ1v) is 32.7. The zero-order valence-corrected chi connectivity index (χ0v) is 59.1.